The minimum absolute atomic E-state index is 0.0346. The van der Waals surface area contributed by atoms with E-state index < -0.39 is 30.9 Å². The van der Waals surface area contributed by atoms with Crippen molar-refractivity contribution in [3.63, 3.8) is 0 Å². The third-order valence-electron chi connectivity index (χ3n) is 2.47. The number of carbonyl (C=O) groups is 2. The normalized spacial score (nSPS) is 11.8. The second kappa shape index (κ2) is 6.30. The first-order valence-corrected chi connectivity index (χ1v) is 5.45. The number of carboxylic acid groups (broad SMARTS) is 1. The third-order valence-corrected chi connectivity index (χ3v) is 2.47. The Morgan fingerprint density at radius 3 is 2.47 bits per heavy atom. The maximum Gasteiger partial charge on any atom is 0.488 e. The number of nitrogens with one attached hydrogen (secondary N) is 1. The fourth-order valence-electron chi connectivity index (χ4n) is 1.56. The summed E-state index contributed by atoms with van der Waals surface area (Å²) >= 11 is 0. The van der Waals surface area contributed by atoms with E-state index in [0.29, 0.717) is 0 Å². The van der Waals surface area contributed by atoms with Crippen LogP contribution in [0.4, 0.5) is 4.39 Å². The van der Waals surface area contributed by atoms with Gasteiger partial charge in [-0.1, -0.05) is 12.1 Å². The van der Waals surface area contributed by atoms with Crippen molar-refractivity contribution in [3.05, 3.63) is 29.6 Å². The molecule has 102 valence electrons. The molecule has 1 unspecified atom stereocenters. The highest BCUT2D eigenvalue weighted by molar-refractivity contribution is 6.58. The van der Waals surface area contributed by atoms with Crippen LogP contribution in [0, 0.1) is 5.82 Å². The number of rotatable bonds is 5. The number of aliphatic carboxylic acids is 1. The zero-order chi connectivity index (χ0) is 14.6. The Morgan fingerprint density at radius 1 is 1.42 bits per heavy atom. The van der Waals surface area contributed by atoms with Crippen molar-refractivity contribution in [1.82, 2.24) is 5.32 Å². The molecule has 0 radical (unpaired) electrons. The van der Waals surface area contributed by atoms with Crippen molar-refractivity contribution < 1.29 is 29.1 Å². The Bertz CT molecular complexity index is 494. The summed E-state index contributed by atoms with van der Waals surface area (Å²) in [5.74, 6) is -2.57. The lowest BCUT2D eigenvalue weighted by Crippen LogP contribution is -2.41. The molecular weight excluding hydrogens is 255 g/mol. The van der Waals surface area contributed by atoms with Gasteiger partial charge in [0.05, 0.1) is 0 Å². The van der Waals surface area contributed by atoms with Crippen LogP contribution in [-0.2, 0) is 16.0 Å². The SMILES string of the molecule is CC(=O)NC(Cc1ccc(B(O)O)cc1[18F])C(=O)O. The van der Waals surface area contributed by atoms with Gasteiger partial charge >= 0.3 is 13.1 Å². The second-order valence-corrected chi connectivity index (χ2v) is 4.02. The van der Waals surface area contributed by atoms with Crippen LogP contribution in [-0.4, -0.2) is 40.2 Å². The molecule has 1 rings (SSSR count). The maximum absolute atomic E-state index is 13.6. The summed E-state index contributed by atoms with van der Waals surface area (Å²) in [6.45, 7) is 1.16. The van der Waals surface area contributed by atoms with Gasteiger partial charge in [-0.05, 0) is 17.1 Å². The summed E-state index contributed by atoms with van der Waals surface area (Å²) in [5.41, 5.74) is 0.0261. The molecule has 0 fully saturated rings. The second-order valence-electron chi connectivity index (χ2n) is 4.02. The van der Waals surface area contributed by atoms with E-state index in [9.17, 15) is 14.0 Å². The molecule has 1 amide bonds. The summed E-state index contributed by atoms with van der Waals surface area (Å²) < 4.78 is 13.6. The Morgan fingerprint density at radius 2 is 2.05 bits per heavy atom. The van der Waals surface area contributed by atoms with Gasteiger partial charge in [-0.15, -0.1) is 0 Å². The average Bonchev–Trinajstić information content (AvgIpc) is 2.29. The number of carboxylic acids is 1. The largest absolute Gasteiger partial charge is 0.488 e. The molecule has 1 atom stereocenters. The quantitative estimate of drug-likeness (QED) is 0.493. The molecule has 0 spiro atoms. The van der Waals surface area contributed by atoms with Crippen molar-refractivity contribution in [1.29, 1.82) is 0 Å². The van der Waals surface area contributed by atoms with Gasteiger partial charge in [-0.2, -0.15) is 0 Å². The first-order valence-electron chi connectivity index (χ1n) is 5.45. The predicted molar refractivity (Wildman–Crippen MR) is 65.2 cm³/mol. The van der Waals surface area contributed by atoms with Crippen LogP contribution in [0.15, 0.2) is 18.2 Å². The molecule has 1 aromatic carbocycles. The molecule has 0 bridgehead atoms. The van der Waals surface area contributed by atoms with Crippen LogP contribution in [0.25, 0.3) is 0 Å². The van der Waals surface area contributed by atoms with Crippen molar-refractivity contribution >= 4 is 24.5 Å². The van der Waals surface area contributed by atoms with Gasteiger partial charge < -0.3 is 20.5 Å². The first-order chi connectivity index (χ1) is 8.81. The molecule has 0 saturated carbocycles. The Balaban J connectivity index is 2.91. The van der Waals surface area contributed by atoms with Crippen LogP contribution in [0.1, 0.15) is 12.5 Å². The fourth-order valence-corrected chi connectivity index (χ4v) is 1.56. The zero-order valence-electron chi connectivity index (χ0n) is 10.1. The molecule has 0 aliphatic heterocycles. The van der Waals surface area contributed by atoms with Crippen molar-refractivity contribution in [2.75, 3.05) is 0 Å². The predicted octanol–water partition coefficient (Wildman–Crippen LogP) is -1.36. The smallest absolute Gasteiger partial charge is 0.480 e. The summed E-state index contributed by atoms with van der Waals surface area (Å²) in [6, 6.07) is 2.20. The molecule has 0 aromatic heterocycles. The number of amides is 1. The van der Waals surface area contributed by atoms with Gasteiger partial charge in [0.25, 0.3) is 0 Å². The topological polar surface area (TPSA) is 107 Å². The monoisotopic (exact) mass is 268 g/mol. The Hall–Kier alpha value is -1.93. The molecule has 19 heavy (non-hydrogen) atoms. The number of hydrogen-bond acceptors (Lipinski definition) is 4. The summed E-state index contributed by atoms with van der Waals surface area (Å²) in [5, 5.41) is 28.8. The van der Waals surface area contributed by atoms with Gasteiger partial charge in [0.1, 0.15) is 11.9 Å². The van der Waals surface area contributed by atoms with Gasteiger partial charge in [0.15, 0.2) is 0 Å². The number of hydrogen-bond donors (Lipinski definition) is 4. The lowest BCUT2D eigenvalue weighted by molar-refractivity contribution is -0.141. The van der Waals surface area contributed by atoms with E-state index in [4.69, 9.17) is 15.2 Å². The molecule has 6 nitrogen and oxygen atoms in total. The number of halogens is 1. The number of carbonyl (C=O) groups excluding carboxylic acids is 1. The number of benzene rings is 1. The van der Waals surface area contributed by atoms with Crippen LogP contribution in [0.2, 0.25) is 0 Å². The van der Waals surface area contributed by atoms with E-state index in [1.54, 1.807) is 0 Å². The molecule has 1 aromatic rings. The fraction of sp³-hybridized carbons (Fsp3) is 0.273. The maximum atomic E-state index is 13.6. The van der Waals surface area contributed by atoms with Crippen LogP contribution >= 0.6 is 0 Å². The zero-order valence-corrected chi connectivity index (χ0v) is 10.1. The van der Waals surface area contributed by atoms with E-state index in [2.05, 4.69) is 5.32 Å². The highest BCUT2D eigenvalue weighted by Crippen LogP contribution is 2.09. The molecule has 8 heteroatoms. The lowest BCUT2D eigenvalue weighted by Gasteiger charge is -2.14. The average molecular weight is 268 g/mol. The van der Waals surface area contributed by atoms with E-state index >= 15 is 0 Å². The van der Waals surface area contributed by atoms with Crippen molar-refractivity contribution in [3.8, 4) is 0 Å². The van der Waals surface area contributed by atoms with E-state index in [0.717, 1.165) is 13.0 Å². The third kappa shape index (κ3) is 4.34. The first kappa shape index (κ1) is 15.1. The van der Waals surface area contributed by atoms with Gasteiger partial charge in [-0.25, -0.2) is 9.18 Å². The Kier molecular flexibility index (Phi) is 5.02. The summed E-state index contributed by atoms with van der Waals surface area (Å²) in [4.78, 5) is 21.8. The highest BCUT2D eigenvalue weighted by atomic mass is 18.2. The van der Waals surface area contributed by atoms with Crippen LogP contribution in [0.3, 0.4) is 0 Å². The summed E-state index contributed by atoms with van der Waals surface area (Å²) in [6.07, 6.45) is -0.234. The van der Waals surface area contributed by atoms with E-state index in [-0.39, 0.29) is 17.4 Å². The van der Waals surface area contributed by atoms with Crippen molar-refractivity contribution in [2.45, 2.75) is 19.4 Å². The highest BCUT2D eigenvalue weighted by Gasteiger charge is 2.21. The molecule has 0 heterocycles. The van der Waals surface area contributed by atoms with E-state index in [1.807, 2.05) is 0 Å². The molecule has 4 N–H and O–H groups in total. The minimum Gasteiger partial charge on any atom is -0.480 e. The van der Waals surface area contributed by atoms with Gasteiger partial charge in [-0.3, -0.25) is 4.79 Å². The minimum atomic E-state index is -1.80. The summed E-state index contributed by atoms with van der Waals surface area (Å²) in [7, 11) is -1.80. The Labute approximate surface area is 109 Å². The van der Waals surface area contributed by atoms with Crippen LogP contribution in [0.5, 0.6) is 0 Å². The molecule has 0 aliphatic rings. The van der Waals surface area contributed by atoms with E-state index in [1.165, 1.54) is 12.1 Å². The standard InChI is InChI=1S/C11H13BFNO5/c1-6(15)14-10(11(16)17)4-7-2-3-8(12(18)19)5-9(7)13/h2-3,5,10,18-19H,4H2,1H3,(H,14,15)(H,16,17)/i13-1. The molecular formula is C11H13BFNO5. The van der Waals surface area contributed by atoms with Gasteiger partial charge in [0, 0.05) is 13.3 Å². The van der Waals surface area contributed by atoms with Crippen LogP contribution < -0.4 is 10.8 Å². The van der Waals surface area contributed by atoms with Gasteiger partial charge in [0.2, 0.25) is 5.91 Å². The molecule has 0 aliphatic carbocycles. The lowest BCUT2D eigenvalue weighted by atomic mass is 9.79. The van der Waals surface area contributed by atoms with Crippen molar-refractivity contribution in [2.24, 2.45) is 0 Å². The molecule has 0 saturated heterocycles.